The number of rotatable bonds is 8. The summed E-state index contributed by atoms with van der Waals surface area (Å²) in [6.07, 6.45) is 5.69. The van der Waals surface area contributed by atoms with Gasteiger partial charge in [-0.15, -0.1) is 0 Å². The Morgan fingerprint density at radius 2 is 2.13 bits per heavy atom. The highest BCUT2D eigenvalue weighted by Crippen LogP contribution is 2.29. The van der Waals surface area contributed by atoms with Gasteiger partial charge in [0.05, 0.1) is 0 Å². The third-order valence-corrected chi connectivity index (χ3v) is 4.53. The third-order valence-electron chi connectivity index (χ3n) is 4.53. The highest BCUT2D eigenvalue weighted by molar-refractivity contribution is 6.01. The minimum Gasteiger partial charge on any atom is -0.471 e. The van der Waals surface area contributed by atoms with E-state index in [0.29, 0.717) is 11.1 Å². The van der Waals surface area contributed by atoms with Crippen LogP contribution in [0.2, 0.25) is 0 Å². The van der Waals surface area contributed by atoms with Crippen molar-refractivity contribution in [2.24, 2.45) is 10.9 Å². The Balaban J connectivity index is 1.64. The van der Waals surface area contributed by atoms with Crippen molar-refractivity contribution in [1.29, 1.82) is 0 Å². The van der Waals surface area contributed by atoms with Crippen LogP contribution in [-0.4, -0.2) is 45.5 Å². The summed E-state index contributed by atoms with van der Waals surface area (Å²) in [6.45, 7) is 5.29. The fraction of sp³-hybridized carbons (Fsp3) is 0.333. The van der Waals surface area contributed by atoms with Gasteiger partial charge in [0, 0.05) is 36.2 Å². The van der Waals surface area contributed by atoms with Crippen LogP contribution in [0.1, 0.15) is 41.4 Å². The summed E-state index contributed by atoms with van der Waals surface area (Å²) in [5.74, 6) is -3.91. The number of nitrogens with zero attached hydrogens (tertiary/aromatic N) is 4. The summed E-state index contributed by atoms with van der Waals surface area (Å²) < 4.78 is 32.2. The number of hydrogen-bond acceptors (Lipinski definition) is 6. The quantitative estimate of drug-likeness (QED) is 0.509. The minimum atomic E-state index is -3.16. The fourth-order valence-corrected chi connectivity index (χ4v) is 2.33. The molecule has 0 aliphatic heterocycles. The van der Waals surface area contributed by atoms with E-state index in [2.05, 4.69) is 31.8 Å². The van der Waals surface area contributed by atoms with Crippen LogP contribution >= 0.6 is 0 Å². The molecule has 1 aliphatic rings. The molecule has 0 unspecified atom stereocenters. The van der Waals surface area contributed by atoms with Crippen LogP contribution in [0.3, 0.4) is 0 Å². The molecule has 0 radical (unpaired) electrons. The number of nitrogens with one attached hydrogen (secondary N) is 1. The molecule has 1 saturated carbocycles. The van der Waals surface area contributed by atoms with Crippen LogP contribution in [0, 0.1) is 12.8 Å². The lowest BCUT2D eigenvalue weighted by Crippen LogP contribution is -2.26. The van der Waals surface area contributed by atoms with Crippen molar-refractivity contribution < 1.29 is 23.1 Å². The van der Waals surface area contributed by atoms with Crippen LogP contribution in [0.4, 0.5) is 14.7 Å². The lowest BCUT2D eigenvalue weighted by Gasteiger charge is -2.16. The average Bonchev–Trinajstić information content (AvgIpc) is 3.57. The largest absolute Gasteiger partial charge is 0.471 e. The van der Waals surface area contributed by atoms with Gasteiger partial charge in [0.25, 0.3) is 5.91 Å². The number of anilines is 1. The van der Waals surface area contributed by atoms with E-state index in [1.807, 2.05) is 0 Å². The molecule has 162 valence electrons. The average molecular weight is 429 g/mol. The van der Waals surface area contributed by atoms with E-state index >= 15 is 0 Å². The number of pyridine rings is 1. The molecule has 0 bridgehead atoms. The van der Waals surface area contributed by atoms with Crippen molar-refractivity contribution >= 4 is 24.0 Å². The maximum Gasteiger partial charge on any atom is 0.302 e. The second-order valence-corrected chi connectivity index (χ2v) is 7.24. The van der Waals surface area contributed by atoms with Crippen molar-refractivity contribution in [3.05, 3.63) is 53.5 Å². The lowest BCUT2D eigenvalue weighted by atomic mass is 10.2. The number of ether oxygens (including phenoxy) is 1. The van der Waals surface area contributed by atoms with E-state index in [4.69, 9.17) is 4.74 Å². The number of aliphatic imine (C=N–C) groups is 1. The molecule has 8 nitrogen and oxygen atoms in total. The molecule has 2 aromatic heterocycles. The van der Waals surface area contributed by atoms with E-state index in [0.717, 1.165) is 12.8 Å². The van der Waals surface area contributed by atoms with Crippen LogP contribution in [0.25, 0.3) is 0 Å². The third kappa shape index (κ3) is 5.97. The van der Waals surface area contributed by atoms with Gasteiger partial charge in [0.2, 0.25) is 17.7 Å². The Kier molecular flexibility index (Phi) is 6.47. The molecule has 0 atom stereocenters. The van der Waals surface area contributed by atoms with Gasteiger partial charge in [-0.1, -0.05) is 6.58 Å². The van der Waals surface area contributed by atoms with Crippen LogP contribution in [0.5, 0.6) is 5.88 Å². The zero-order valence-corrected chi connectivity index (χ0v) is 17.1. The van der Waals surface area contributed by atoms with Gasteiger partial charge in [-0.3, -0.25) is 14.9 Å². The van der Waals surface area contributed by atoms with Crippen LogP contribution in [0.15, 0.2) is 41.7 Å². The summed E-state index contributed by atoms with van der Waals surface area (Å²) in [5.41, 5.74) is 0.848. The summed E-state index contributed by atoms with van der Waals surface area (Å²) in [7, 11) is 0. The minimum absolute atomic E-state index is 0.0181. The van der Waals surface area contributed by atoms with E-state index < -0.39 is 18.4 Å². The van der Waals surface area contributed by atoms with Gasteiger partial charge in [-0.25, -0.2) is 19.9 Å². The first kappa shape index (κ1) is 22.1. The molecule has 0 spiro atoms. The second kappa shape index (κ2) is 9.07. The Hall–Kier alpha value is -3.56. The number of amides is 2. The van der Waals surface area contributed by atoms with Gasteiger partial charge in [-0.2, -0.15) is 8.78 Å². The molecule has 0 saturated heterocycles. The molecule has 31 heavy (non-hydrogen) atoms. The molecule has 3 rings (SSSR count). The number of carbonyl (C=O) groups excluding carboxylic acids is 2. The van der Waals surface area contributed by atoms with E-state index in [-0.39, 0.29) is 34.9 Å². The van der Waals surface area contributed by atoms with Gasteiger partial charge < -0.3 is 4.74 Å². The van der Waals surface area contributed by atoms with Crippen molar-refractivity contribution in [3.63, 3.8) is 0 Å². The van der Waals surface area contributed by atoms with Crippen LogP contribution in [-0.2, 0) is 4.79 Å². The smallest absolute Gasteiger partial charge is 0.302 e. The molecule has 10 heteroatoms. The van der Waals surface area contributed by atoms with Crippen molar-refractivity contribution in [2.45, 2.75) is 32.6 Å². The van der Waals surface area contributed by atoms with Crippen molar-refractivity contribution in [1.82, 2.24) is 15.0 Å². The molecule has 2 heterocycles. The molecule has 1 aliphatic carbocycles. The molecule has 1 fully saturated rings. The monoisotopic (exact) mass is 429 g/mol. The predicted octanol–water partition coefficient (Wildman–Crippen LogP) is 3.38. The highest BCUT2D eigenvalue weighted by Gasteiger charge is 2.31. The SMILES string of the molecule is C=C(C)C(F)(F)COc1cc(C)c(C=NC(=O)c2ccnc(NC(=O)C3CC3)n2)cn1. The first-order chi connectivity index (χ1) is 14.7. The first-order valence-corrected chi connectivity index (χ1v) is 9.51. The Morgan fingerprint density at radius 1 is 1.39 bits per heavy atom. The highest BCUT2D eigenvalue weighted by atomic mass is 19.3. The van der Waals surface area contributed by atoms with Gasteiger partial charge in [0.1, 0.15) is 5.69 Å². The molecular weight excluding hydrogens is 408 g/mol. The fourth-order valence-electron chi connectivity index (χ4n) is 2.33. The van der Waals surface area contributed by atoms with E-state index in [1.54, 1.807) is 6.92 Å². The van der Waals surface area contributed by atoms with Crippen molar-refractivity contribution in [3.8, 4) is 5.88 Å². The first-order valence-electron chi connectivity index (χ1n) is 9.51. The molecule has 0 aromatic carbocycles. The van der Waals surface area contributed by atoms with E-state index in [9.17, 15) is 18.4 Å². The Labute approximate surface area is 177 Å². The number of carbonyl (C=O) groups is 2. The lowest BCUT2D eigenvalue weighted by molar-refractivity contribution is -0.117. The predicted molar refractivity (Wildman–Crippen MR) is 110 cm³/mol. The standard InChI is InChI=1S/C21H21F2N5O3/c1-12(2)21(22,23)11-31-17-8-13(3)15(9-25-17)10-26-19(30)16-6-7-24-20(27-16)28-18(29)14-4-5-14/h6-10,14H,1,4-5,11H2,2-3H3,(H,24,27,28,29). The Bertz CT molecular complexity index is 1050. The number of alkyl halides is 2. The maximum absolute atomic E-state index is 13.6. The number of aromatic nitrogens is 3. The topological polar surface area (TPSA) is 106 Å². The molecule has 2 aromatic rings. The van der Waals surface area contributed by atoms with Crippen LogP contribution < -0.4 is 10.1 Å². The van der Waals surface area contributed by atoms with E-state index in [1.165, 1.54) is 37.7 Å². The number of aryl methyl sites for hydroxylation is 1. The molecule has 1 N–H and O–H groups in total. The maximum atomic E-state index is 13.6. The number of hydrogen-bond donors (Lipinski definition) is 1. The zero-order chi connectivity index (χ0) is 22.6. The van der Waals surface area contributed by atoms with Crippen molar-refractivity contribution in [2.75, 3.05) is 11.9 Å². The second-order valence-electron chi connectivity index (χ2n) is 7.24. The summed E-state index contributed by atoms with van der Waals surface area (Å²) in [5, 5.41) is 2.57. The normalized spacial score (nSPS) is 13.8. The van der Waals surface area contributed by atoms with Gasteiger partial charge in [0.15, 0.2) is 6.61 Å². The summed E-state index contributed by atoms with van der Waals surface area (Å²) in [6, 6.07) is 2.85. The van der Waals surface area contributed by atoms with Gasteiger partial charge >= 0.3 is 5.92 Å². The van der Waals surface area contributed by atoms with Gasteiger partial charge in [-0.05, 0) is 43.9 Å². The molecule has 2 amide bonds. The summed E-state index contributed by atoms with van der Waals surface area (Å²) >= 11 is 0. The Morgan fingerprint density at radius 3 is 2.77 bits per heavy atom. The zero-order valence-electron chi connectivity index (χ0n) is 17.1. The number of halogens is 2. The molecular formula is C21H21F2N5O3. The summed E-state index contributed by atoms with van der Waals surface area (Å²) in [4.78, 5) is 39.9.